The first-order valence-corrected chi connectivity index (χ1v) is 7.05. The fraction of sp³-hybridized carbons (Fsp3) is 0.188. The molecule has 23 heavy (non-hydrogen) atoms. The molecule has 0 aliphatic carbocycles. The van der Waals surface area contributed by atoms with Crippen LogP contribution in [-0.2, 0) is 9.53 Å². The molecule has 0 saturated carbocycles. The number of ether oxygens (including phenoxy) is 1. The molecule has 1 aromatic heterocycles. The molecule has 1 heterocycles. The second-order valence-electron chi connectivity index (χ2n) is 4.78. The van der Waals surface area contributed by atoms with Crippen LogP contribution in [0.2, 0.25) is 5.02 Å². The fourth-order valence-corrected chi connectivity index (χ4v) is 2.00. The van der Waals surface area contributed by atoms with Crippen LogP contribution in [0.1, 0.15) is 28.6 Å². The third-order valence-corrected chi connectivity index (χ3v) is 3.37. The average Bonchev–Trinajstić information content (AvgIpc) is 2.93. The Morgan fingerprint density at radius 3 is 2.70 bits per heavy atom. The molecule has 0 bridgehead atoms. The van der Waals surface area contributed by atoms with Gasteiger partial charge in [-0.3, -0.25) is 4.79 Å². The summed E-state index contributed by atoms with van der Waals surface area (Å²) in [7, 11) is 0. The van der Waals surface area contributed by atoms with Crippen molar-refractivity contribution in [2.24, 2.45) is 0 Å². The Bertz CT molecular complexity index is 792. The van der Waals surface area contributed by atoms with E-state index in [-0.39, 0.29) is 10.8 Å². The lowest BCUT2D eigenvalue weighted by Gasteiger charge is -2.13. The average molecular weight is 333 g/mol. The Morgan fingerprint density at radius 1 is 1.39 bits per heavy atom. The van der Waals surface area contributed by atoms with Crippen molar-refractivity contribution in [1.29, 1.82) is 5.26 Å². The lowest BCUT2D eigenvalue weighted by Crippen LogP contribution is -2.30. The van der Waals surface area contributed by atoms with Gasteiger partial charge in [0.25, 0.3) is 5.91 Å². The number of hydrogen-bond donors (Lipinski definition) is 1. The monoisotopic (exact) mass is 332 g/mol. The smallest absolute Gasteiger partial charge is 0.375 e. The van der Waals surface area contributed by atoms with E-state index in [0.29, 0.717) is 16.8 Å². The summed E-state index contributed by atoms with van der Waals surface area (Å²) >= 11 is 5.89. The molecule has 0 unspecified atom stereocenters. The number of nitriles is 1. The number of halogens is 1. The van der Waals surface area contributed by atoms with Crippen molar-refractivity contribution in [3.63, 3.8) is 0 Å². The second kappa shape index (κ2) is 6.99. The number of aryl methyl sites for hydroxylation is 1. The predicted molar refractivity (Wildman–Crippen MR) is 83.1 cm³/mol. The highest BCUT2D eigenvalue weighted by molar-refractivity contribution is 6.32. The molecule has 7 heteroatoms. The van der Waals surface area contributed by atoms with Gasteiger partial charge in [0.05, 0.1) is 16.8 Å². The normalized spacial score (nSPS) is 11.4. The van der Waals surface area contributed by atoms with Crippen molar-refractivity contribution in [2.45, 2.75) is 20.0 Å². The maximum Gasteiger partial charge on any atom is 0.375 e. The molecule has 118 valence electrons. The van der Waals surface area contributed by atoms with Gasteiger partial charge < -0.3 is 14.5 Å². The lowest BCUT2D eigenvalue weighted by molar-refractivity contribution is -0.123. The molecule has 0 saturated heterocycles. The zero-order valence-corrected chi connectivity index (χ0v) is 13.2. The van der Waals surface area contributed by atoms with E-state index in [1.807, 2.05) is 6.07 Å². The van der Waals surface area contributed by atoms with Crippen molar-refractivity contribution < 1.29 is 18.7 Å². The third kappa shape index (κ3) is 3.90. The van der Waals surface area contributed by atoms with E-state index in [1.54, 1.807) is 13.0 Å². The molecule has 0 aliphatic heterocycles. The number of esters is 1. The van der Waals surface area contributed by atoms with Gasteiger partial charge in [-0.05, 0) is 38.1 Å². The Hall–Kier alpha value is -2.78. The minimum absolute atomic E-state index is 0.0612. The Labute approximate surface area is 137 Å². The summed E-state index contributed by atoms with van der Waals surface area (Å²) in [6.45, 7) is 3.14. The SMILES string of the molecule is Cc1ccoc1C(=O)O[C@H](C)C(=O)Nc1ccc(C#N)c(Cl)c1. The third-order valence-electron chi connectivity index (χ3n) is 3.06. The number of carbonyl (C=O) groups excluding carboxylic acids is 2. The summed E-state index contributed by atoms with van der Waals surface area (Å²) in [4.78, 5) is 23.9. The van der Waals surface area contributed by atoms with Gasteiger partial charge in [0.1, 0.15) is 6.07 Å². The van der Waals surface area contributed by atoms with E-state index in [4.69, 9.17) is 26.0 Å². The zero-order chi connectivity index (χ0) is 17.0. The van der Waals surface area contributed by atoms with E-state index in [9.17, 15) is 9.59 Å². The number of furan rings is 1. The number of amides is 1. The topological polar surface area (TPSA) is 92.3 Å². The molecule has 1 atom stereocenters. The van der Waals surface area contributed by atoms with Gasteiger partial charge >= 0.3 is 5.97 Å². The van der Waals surface area contributed by atoms with Crippen LogP contribution in [0.5, 0.6) is 0 Å². The van der Waals surface area contributed by atoms with E-state index in [0.717, 1.165) is 0 Å². The second-order valence-corrected chi connectivity index (χ2v) is 5.18. The number of rotatable bonds is 4. The largest absolute Gasteiger partial charge is 0.457 e. The lowest BCUT2D eigenvalue weighted by atomic mass is 10.2. The number of carbonyl (C=O) groups is 2. The minimum atomic E-state index is -1.03. The van der Waals surface area contributed by atoms with E-state index in [1.165, 1.54) is 31.4 Å². The van der Waals surface area contributed by atoms with Crippen molar-refractivity contribution in [3.05, 3.63) is 52.4 Å². The summed E-state index contributed by atoms with van der Waals surface area (Å²) in [5.74, 6) is -1.18. The summed E-state index contributed by atoms with van der Waals surface area (Å²) < 4.78 is 10.1. The quantitative estimate of drug-likeness (QED) is 0.867. The van der Waals surface area contributed by atoms with E-state index in [2.05, 4.69) is 5.32 Å². The van der Waals surface area contributed by atoms with Crippen molar-refractivity contribution in [1.82, 2.24) is 0 Å². The van der Waals surface area contributed by atoms with Gasteiger partial charge in [-0.15, -0.1) is 0 Å². The molecule has 0 spiro atoms. The van der Waals surface area contributed by atoms with Gasteiger partial charge in [-0.25, -0.2) is 4.79 Å². The molecule has 0 radical (unpaired) electrons. The van der Waals surface area contributed by atoms with Crippen LogP contribution in [0.4, 0.5) is 5.69 Å². The summed E-state index contributed by atoms with van der Waals surface area (Å²) in [5, 5.41) is 11.6. The molecule has 0 aliphatic rings. The van der Waals surface area contributed by atoms with Crippen molar-refractivity contribution in [2.75, 3.05) is 5.32 Å². The number of nitrogens with zero attached hydrogens (tertiary/aromatic N) is 1. The molecule has 1 N–H and O–H groups in total. The molecule has 6 nitrogen and oxygen atoms in total. The van der Waals surface area contributed by atoms with Crippen LogP contribution in [0.3, 0.4) is 0 Å². The van der Waals surface area contributed by atoms with E-state index >= 15 is 0 Å². The Balaban J connectivity index is 2.00. The highest BCUT2D eigenvalue weighted by Crippen LogP contribution is 2.20. The number of nitrogens with one attached hydrogen (secondary N) is 1. The molecule has 1 aromatic carbocycles. The zero-order valence-electron chi connectivity index (χ0n) is 12.4. The fourth-order valence-electron chi connectivity index (χ4n) is 1.78. The summed E-state index contributed by atoms with van der Waals surface area (Å²) in [6, 6.07) is 8.02. The number of hydrogen-bond acceptors (Lipinski definition) is 5. The standard InChI is InChI=1S/C16H13ClN2O4/c1-9-5-6-22-14(9)16(21)23-10(2)15(20)19-12-4-3-11(8-18)13(17)7-12/h3-7,10H,1-2H3,(H,19,20)/t10-/m1/s1. The molecular weight excluding hydrogens is 320 g/mol. The predicted octanol–water partition coefficient (Wildman–Crippen LogP) is 3.30. The number of benzene rings is 1. The maximum absolute atomic E-state index is 12.0. The van der Waals surface area contributed by atoms with Gasteiger partial charge in [0.2, 0.25) is 5.76 Å². The van der Waals surface area contributed by atoms with Crippen molar-refractivity contribution >= 4 is 29.2 Å². The van der Waals surface area contributed by atoms with Crippen LogP contribution in [0.25, 0.3) is 0 Å². The Morgan fingerprint density at radius 2 is 2.13 bits per heavy atom. The molecule has 1 amide bonds. The highest BCUT2D eigenvalue weighted by atomic mass is 35.5. The maximum atomic E-state index is 12.0. The molecule has 0 fully saturated rings. The van der Waals surface area contributed by atoms with Crippen molar-refractivity contribution in [3.8, 4) is 6.07 Å². The van der Waals surface area contributed by atoms with Crippen LogP contribution >= 0.6 is 11.6 Å². The van der Waals surface area contributed by atoms with Crippen LogP contribution < -0.4 is 5.32 Å². The van der Waals surface area contributed by atoms with Crippen LogP contribution in [-0.4, -0.2) is 18.0 Å². The molecular formula is C16H13ClN2O4. The van der Waals surface area contributed by atoms with Gasteiger partial charge in [-0.2, -0.15) is 5.26 Å². The first-order valence-electron chi connectivity index (χ1n) is 6.68. The van der Waals surface area contributed by atoms with E-state index < -0.39 is 18.0 Å². The van der Waals surface area contributed by atoms with Crippen LogP contribution in [0.15, 0.2) is 34.9 Å². The van der Waals surface area contributed by atoms with Gasteiger partial charge in [0.15, 0.2) is 6.10 Å². The Kier molecular flexibility index (Phi) is 5.04. The van der Waals surface area contributed by atoms with Gasteiger partial charge in [0, 0.05) is 11.3 Å². The molecule has 2 aromatic rings. The summed E-state index contributed by atoms with van der Waals surface area (Å²) in [6.07, 6.45) is 0.344. The highest BCUT2D eigenvalue weighted by Gasteiger charge is 2.22. The molecule has 2 rings (SSSR count). The van der Waals surface area contributed by atoms with Crippen LogP contribution in [0, 0.1) is 18.3 Å². The summed E-state index contributed by atoms with van der Waals surface area (Å²) in [5.41, 5.74) is 1.33. The number of anilines is 1. The van der Waals surface area contributed by atoms with Gasteiger partial charge in [-0.1, -0.05) is 11.6 Å². The first-order chi connectivity index (χ1) is 10.9. The minimum Gasteiger partial charge on any atom is -0.457 e. The first kappa shape index (κ1) is 16.6.